The fourth-order valence-electron chi connectivity index (χ4n) is 3.16. The Bertz CT molecular complexity index is 955. The molecule has 2 aromatic carbocycles. The van der Waals surface area contributed by atoms with Gasteiger partial charge in [0.15, 0.2) is 0 Å². The molecule has 25 heavy (non-hydrogen) atoms. The van der Waals surface area contributed by atoms with E-state index in [0.717, 1.165) is 30.7 Å². The van der Waals surface area contributed by atoms with Crippen molar-refractivity contribution in [3.63, 3.8) is 0 Å². The van der Waals surface area contributed by atoms with Gasteiger partial charge in [-0.05, 0) is 47.6 Å². The van der Waals surface area contributed by atoms with E-state index in [1.54, 1.807) is 0 Å². The van der Waals surface area contributed by atoms with Gasteiger partial charge in [-0.15, -0.1) is 0 Å². The molecule has 0 aliphatic rings. The van der Waals surface area contributed by atoms with E-state index in [4.69, 9.17) is 0 Å². The molecule has 0 spiro atoms. The Labute approximate surface area is 148 Å². The number of pyridine rings is 2. The Morgan fingerprint density at radius 1 is 0.600 bits per heavy atom. The average molecular weight is 324 g/mol. The van der Waals surface area contributed by atoms with Crippen molar-refractivity contribution in [1.82, 2.24) is 9.97 Å². The molecule has 4 rings (SSSR count). The molecule has 0 aliphatic carbocycles. The summed E-state index contributed by atoms with van der Waals surface area (Å²) in [7, 11) is 0. The molecular formula is C23H20N2. The SMILES string of the molecule is c1ccc(CCc2ccc(Cc3nccc4ccccc34)cc2)nc1. The lowest BCUT2D eigenvalue weighted by atomic mass is 10.0. The quantitative estimate of drug-likeness (QED) is 0.516. The van der Waals surface area contributed by atoms with E-state index in [1.807, 2.05) is 24.5 Å². The number of rotatable bonds is 5. The Kier molecular flexibility index (Phi) is 4.51. The van der Waals surface area contributed by atoms with Crippen LogP contribution >= 0.6 is 0 Å². The average Bonchev–Trinajstić information content (AvgIpc) is 2.69. The molecule has 2 heteroatoms. The fraction of sp³-hybridized carbons (Fsp3) is 0.130. The van der Waals surface area contributed by atoms with Crippen LogP contribution in [-0.2, 0) is 19.3 Å². The molecule has 0 saturated carbocycles. The van der Waals surface area contributed by atoms with Crippen LogP contribution in [0.2, 0.25) is 0 Å². The lowest BCUT2D eigenvalue weighted by Gasteiger charge is -2.07. The van der Waals surface area contributed by atoms with Crippen molar-refractivity contribution in [2.45, 2.75) is 19.3 Å². The summed E-state index contributed by atoms with van der Waals surface area (Å²) in [6.07, 6.45) is 6.62. The minimum atomic E-state index is 0.863. The van der Waals surface area contributed by atoms with Crippen molar-refractivity contribution in [3.05, 3.63) is 108 Å². The zero-order valence-electron chi connectivity index (χ0n) is 14.1. The van der Waals surface area contributed by atoms with Crippen LogP contribution in [-0.4, -0.2) is 9.97 Å². The van der Waals surface area contributed by atoms with E-state index < -0.39 is 0 Å². The molecule has 2 heterocycles. The van der Waals surface area contributed by atoms with Crippen LogP contribution in [0.3, 0.4) is 0 Å². The molecule has 0 unspecified atom stereocenters. The fourth-order valence-corrected chi connectivity index (χ4v) is 3.16. The Morgan fingerprint density at radius 3 is 2.24 bits per heavy atom. The maximum Gasteiger partial charge on any atom is 0.0525 e. The number of nitrogens with zero attached hydrogens (tertiary/aromatic N) is 2. The third-order valence-corrected chi connectivity index (χ3v) is 4.55. The number of fused-ring (bicyclic) bond motifs is 1. The topological polar surface area (TPSA) is 25.8 Å². The molecule has 0 bridgehead atoms. The van der Waals surface area contributed by atoms with E-state index in [9.17, 15) is 0 Å². The molecule has 4 aromatic rings. The second-order valence-corrected chi connectivity index (χ2v) is 6.29. The van der Waals surface area contributed by atoms with E-state index in [-0.39, 0.29) is 0 Å². The molecule has 0 atom stereocenters. The minimum Gasteiger partial charge on any atom is -0.261 e. The summed E-state index contributed by atoms with van der Waals surface area (Å²) >= 11 is 0. The summed E-state index contributed by atoms with van der Waals surface area (Å²) in [6, 6.07) is 25.5. The summed E-state index contributed by atoms with van der Waals surface area (Å²) in [5, 5.41) is 2.49. The normalized spacial score (nSPS) is 10.9. The van der Waals surface area contributed by atoms with Crippen molar-refractivity contribution < 1.29 is 0 Å². The number of aromatic nitrogens is 2. The van der Waals surface area contributed by atoms with Crippen LogP contribution in [0, 0.1) is 0 Å². The van der Waals surface area contributed by atoms with Crippen LogP contribution in [0.4, 0.5) is 0 Å². The summed E-state index contributed by atoms with van der Waals surface area (Å²) in [5.41, 5.74) is 4.93. The highest BCUT2D eigenvalue weighted by molar-refractivity contribution is 5.84. The first-order valence-electron chi connectivity index (χ1n) is 8.69. The Balaban J connectivity index is 1.47. The Hall–Kier alpha value is -3.00. The third kappa shape index (κ3) is 3.74. The smallest absolute Gasteiger partial charge is 0.0525 e. The first kappa shape index (κ1) is 15.5. The van der Waals surface area contributed by atoms with Gasteiger partial charge in [0.05, 0.1) is 5.69 Å². The van der Waals surface area contributed by atoms with Gasteiger partial charge in [0, 0.05) is 29.9 Å². The van der Waals surface area contributed by atoms with Gasteiger partial charge in [-0.25, -0.2) is 0 Å². The number of benzene rings is 2. The maximum absolute atomic E-state index is 4.59. The second-order valence-electron chi connectivity index (χ2n) is 6.29. The summed E-state index contributed by atoms with van der Waals surface area (Å²) in [5.74, 6) is 0. The highest BCUT2D eigenvalue weighted by Crippen LogP contribution is 2.19. The number of hydrogen-bond acceptors (Lipinski definition) is 2. The van der Waals surface area contributed by atoms with Gasteiger partial charge in [-0.2, -0.15) is 0 Å². The van der Waals surface area contributed by atoms with Gasteiger partial charge in [0.1, 0.15) is 0 Å². The van der Waals surface area contributed by atoms with Gasteiger partial charge in [0.2, 0.25) is 0 Å². The van der Waals surface area contributed by atoms with Gasteiger partial charge in [-0.1, -0.05) is 54.6 Å². The molecule has 2 nitrogen and oxygen atoms in total. The Morgan fingerprint density at radius 2 is 1.40 bits per heavy atom. The van der Waals surface area contributed by atoms with Crippen LogP contribution in [0.1, 0.15) is 22.5 Å². The molecule has 0 radical (unpaired) electrons. The predicted molar refractivity (Wildman–Crippen MR) is 103 cm³/mol. The van der Waals surface area contributed by atoms with E-state index >= 15 is 0 Å². The summed E-state index contributed by atoms with van der Waals surface area (Å²) in [6.45, 7) is 0. The molecular weight excluding hydrogens is 304 g/mol. The zero-order chi connectivity index (χ0) is 16.9. The third-order valence-electron chi connectivity index (χ3n) is 4.55. The molecule has 0 N–H and O–H groups in total. The number of hydrogen-bond donors (Lipinski definition) is 0. The first-order valence-corrected chi connectivity index (χ1v) is 8.69. The number of aryl methyl sites for hydroxylation is 2. The van der Waals surface area contributed by atoms with Gasteiger partial charge >= 0.3 is 0 Å². The minimum absolute atomic E-state index is 0.863. The van der Waals surface area contributed by atoms with Gasteiger partial charge in [-0.3, -0.25) is 9.97 Å². The van der Waals surface area contributed by atoms with Crippen molar-refractivity contribution in [3.8, 4) is 0 Å². The zero-order valence-corrected chi connectivity index (χ0v) is 14.1. The lowest BCUT2D eigenvalue weighted by molar-refractivity contribution is 0.912. The van der Waals surface area contributed by atoms with E-state index in [2.05, 4.69) is 70.6 Å². The van der Waals surface area contributed by atoms with E-state index in [1.165, 1.54) is 21.9 Å². The van der Waals surface area contributed by atoms with Crippen molar-refractivity contribution >= 4 is 10.8 Å². The van der Waals surface area contributed by atoms with E-state index in [0.29, 0.717) is 0 Å². The molecule has 0 amide bonds. The van der Waals surface area contributed by atoms with Crippen molar-refractivity contribution in [1.29, 1.82) is 0 Å². The largest absolute Gasteiger partial charge is 0.261 e. The summed E-state index contributed by atoms with van der Waals surface area (Å²) < 4.78 is 0. The molecule has 122 valence electrons. The predicted octanol–water partition coefficient (Wildman–Crippen LogP) is 5.01. The van der Waals surface area contributed by atoms with Crippen LogP contribution in [0.15, 0.2) is 85.2 Å². The molecule has 2 aromatic heterocycles. The maximum atomic E-state index is 4.59. The van der Waals surface area contributed by atoms with Crippen LogP contribution < -0.4 is 0 Å². The molecule has 0 saturated heterocycles. The van der Waals surface area contributed by atoms with Crippen LogP contribution in [0.5, 0.6) is 0 Å². The van der Waals surface area contributed by atoms with Crippen molar-refractivity contribution in [2.24, 2.45) is 0 Å². The van der Waals surface area contributed by atoms with Gasteiger partial charge < -0.3 is 0 Å². The highest BCUT2D eigenvalue weighted by Gasteiger charge is 2.04. The summed E-state index contributed by atoms with van der Waals surface area (Å²) in [4.78, 5) is 8.98. The lowest BCUT2D eigenvalue weighted by Crippen LogP contribution is -1.96. The monoisotopic (exact) mass is 324 g/mol. The standard InChI is InChI=1S/C23H20N2/c1-2-7-22-20(5-1)14-16-25-23(22)17-19-10-8-18(9-11-19)12-13-21-6-3-4-15-24-21/h1-11,14-16H,12-13,17H2. The second kappa shape index (κ2) is 7.27. The first-order chi connectivity index (χ1) is 12.4. The molecule has 0 fully saturated rings. The highest BCUT2D eigenvalue weighted by atomic mass is 14.7. The van der Waals surface area contributed by atoms with Gasteiger partial charge in [0.25, 0.3) is 0 Å². The van der Waals surface area contributed by atoms with Crippen molar-refractivity contribution in [2.75, 3.05) is 0 Å². The molecule has 0 aliphatic heterocycles. The van der Waals surface area contributed by atoms with Crippen LogP contribution in [0.25, 0.3) is 10.8 Å².